The van der Waals surface area contributed by atoms with Crippen LogP contribution in [0.2, 0.25) is 5.02 Å². The van der Waals surface area contributed by atoms with Gasteiger partial charge in [0.05, 0.1) is 23.0 Å². The molecule has 1 amide bonds. The smallest absolute Gasteiger partial charge is 0.312 e. The summed E-state index contributed by atoms with van der Waals surface area (Å²) in [5.74, 6) is -0.651. The minimum absolute atomic E-state index is 0.171. The molecule has 2 aromatic rings. The summed E-state index contributed by atoms with van der Waals surface area (Å²) in [6, 6.07) is 10.6. The molecule has 1 aliphatic heterocycles. The zero-order chi connectivity index (χ0) is 23.1. The molecule has 10 nitrogen and oxygen atoms in total. The van der Waals surface area contributed by atoms with Crippen LogP contribution in [0.1, 0.15) is 5.56 Å². The van der Waals surface area contributed by atoms with Crippen LogP contribution in [0.4, 0.5) is 5.69 Å². The average molecular weight is 484 g/mol. The fourth-order valence-electron chi connectivity index (χ4n) is 3.05. The van der Waals surface area contributed by atoms with Gasteiger partial charge in [-0.15, -0.1) is 0 Å². The van der Waals surface area contributed by atoms with Crippen molar-refractivity contribution in [3.8, 4) is 5.75 Å². The van der Waals surface area contributed by atoms with Crippen molar-refractivity contribution in [1.29, 1.82) is 0 Å². The SMILES string of the molecule is O=C(COc1ccc(S(=O)(=O)N2CCOCC2)cc1[N+](=O)[O-])NCCc1ccc(Cl)cc1. The summed E-state index contributed by atoms with van der Waals surface area (Å²) in [6.45, 7) is 0.764. The second kappa shape index (κ2) is 10.7. The van der Waals surface area contributed by atoms with Gasteiger partial charge in [-0.3, -0.25) is 14.9 Å². The summed E-state index contributed by atoms with van der Waals surface area (Å²) in [4.78, 5) is 22.5. The number of nitrogens with one attached hydrogen (secondary N) is 1. The highest BCUT2D eigenvalue weighted by molar-refractivity contribution is 7.89. The van der Waals surface area contributed by atoms with Crippen LogP contribution in [0.25, 0.3) is 0 Å². The molecule has 0 bridgehead atoms. The highest BCUT2D eigenvalue weighted by Crippen LogP contribution is 2.31. The number of rotatable bonds is 9. The van der Waals surface area contributed by atoms with Crippen LogP contribution >= 0.6 is 11.6 Å². The number of morpholine rings is 1. The zero-order valence-electron chi connectivity index (χ0n) is 17.0. The summed E-state index contributed by atoms with van der Waals surface area (Å²) in [7, 11) is -3.90. The molecular weight excluding hydrogens is 462 g/mol. The Balaban J connectivity index is 1.60. The fourth-order valence-corrected chi connectivity index (χ4v) is 4.60. The van der Waals surface area contributed by atoms with E-state index >= 15 is 0 Å². The van der Waals surface area contributed by atoms with Crippen molar-refractivity contribution >= 4 is 33.2 Å². The Bertz CT molecular complexity index is 1070. The summed E-state index contributed by atoms with van der Waals surface area (Å²) in [6.07, 6.45) is 0.581. The van der Waals surface area contributed by atoms with Gasteiger partial charge in [-0.1, -0.05) is 23.7 Å². The van der Waals surface area contributed by atoms with E-state index in [0.29, 0.717) is 18.0 Å². The van der Waals surface area contributed by atoms with Gasteiger partial charge in [-0.2, -0.15) is 4.31 Å². The van der Waals surface area contributed by atoms with Crippen molar-refractivity contribution in [2.45, 2.75) is 11.3 Å². The van der Waals surface area contributed by atoms with Gasteiger partial charge >= 0.3 is 5.69 Å². The second-order valence-electron chi connectivity index (χ2n) is 6.92. The highest BCUT2D eigenvalue weighted by Gasteiger charge is 2.29. The lowest BCUT2D eigenvalue weighted by atomic mass is 10.1. The molecule has 1 aliphatic rings. The van der Waals surface area contributed by atoms with Gasteiger partial charge in [0, 0.05) is 30.7 Å². The van der Waals surface area contributed by atoms with Gasteiger partial charge in [0.1, 0.15) is 0 Å². The topological polar surface area (TPSA) is 128 Å². The summed E-state index contributed by atoms with van der Waals surface area (Å²) in [5.41, 5.74) is 0.455. The van der Waals surface area contributed by atoms with Gasteiger partial charge in [0.15, 0.2) is 12.4 Å². The highest BCUT2D eigenvalue weighted by atomic mass is 35.5. The number of carbonyl (C=O) groups excluding carboxylic acids is 1. The van der Waals surface area contributed by atoms with Crippen LogP contribution in [0.5, 0.6) is 5.75 Å². The predicted molar refractivity (Wildman–Crippen MR) is 116 cm³/mol. The minimum Gasteiger partial charge on any atom is -0.477 e. The summed E-state index contributed by atoms with van der Waals surface area (Å²) in [5, 5.41) is 14.7. The Hall–Kier alpha value is -2.73. The molecule has 2 aromatic carbocycles. The van der Waals surface area contributed by atoms with E-state index in [0.717, 1.165) is 11.6 Å². The molecule has 1 heterocycles. The normalized spacial score (nSPS) is 14.7. The number of nitrogens with zero attached hydrogens (tertiary/aromatic N) is 2. The molecule has 1 fully saturated rings. The van der Waals surface area contributed by atoms with Gasteiger partial charge in [0.25, 0.3) is 5.91 Å². The van der Waals surface area contributed by atoms with Crippen LogP contribution in [0.3, 0.4) is 0 Å². The molecule has 1 saturated heterocycles. The molecule has 1 N–H and O–H groups in total. The Morgan fingerprint density at radius 2 is 1.88 bits per heavy atom. The van der Waals surface area contributed by atoms with Crippen molar-refractivity contribution < 1.29 is 27.6 Å². The van der Waals surface area contributed by atoms with E-state index in [9.17, 15) is 23.3 Å². The van der Waals surface area contributed by atoms with E-state index < -0.39 is 33.1 Å². The molecule has 172 valence electrons. The van der Waals surface area contributed by atoms with E-state index in [1.54, 1.807) is 12.1 Å². The zero-order valence-corrected chi connectivity index (χ0v) is 18.6. The van der Waals surface area contributed by atoms with Crippen LogP contribution in [-0.2, 0) is 26.0 Å². The van der Waals surface area contributed by atoms with Crippen LogP contribution in [0.15, 0.2) is 47.4 Å². The first-order valence-corrected chi connectivity index (χ1v) is 11.6. The summed E-state index contributed by atoms with van der Waals surface area (Å²) >= 11 is 5.83. The molecule has 0 unspecified atom stereocenters. The molecule has 0 radical (unpaired) electrons. The Morgan fingerprint density at radius 1 is 1.19 bits per heavy atom. The van der Waals surface area contributed by atoms with E-state index in [1.807, 2.05) is 12.1 Å². The van der Waals surface area contributed by atoms with Crippen molar-refractivity contribution in [2.24, 2.45) is 0 Å². The maximum Gasteiger partial charge on any atom is 0.312 e. The number of ether oxygens (including phenoxy) is 2. The van der Waals surface area contributed by atoms with Crippen LogP contribution in [0, 0.1) is 10.1 Å². The molecule has 12 heteroatoms. The van der Waals surface area contributed by atoms with E-state index in [2.05, 4.69) is 5.32 Å². The third kappa shape index (κ3) is 6.16. The molecule has 0 aromatic heterocycles. The Kier molecular flexibility index (Phi) is 8.02. The standard InChI is InChI=1S/C20H22ClN3O7S/c21-16-3-1-15(2-4-16)7-8-22-20(25)14-31-19-6-5-17(13-18(19)24(26)27)32(28,29)23-9-11-30-12-10-23/h1-6,13H,7-12,14H2,(H,22,25). The van der Waals surface area contributed by atoms with Gasteiger partial charge in [-0.05, 0) is 36.2 Å². The molecule has 0 atom stereocenters. The molecule has 0 saturated carbocycles. The van der Waals surface area contributed by atoms with Gasteiger partial charge in [-0.25, -0.2) is 8.42 Å². The van der Waals surface area contributed by atoms with Gasteiger partial charge in [0.2, 0.25) is 10.0 Å². The quantitative estimate of drug-likeness (QED) is 0.426. The first-order valence-electron chi connectivity index (χ1n) is 9.77. The lowest BCUT2D eigenvalue weighted by Gasteiger charge is -2.26. The minimum atomic E-state index is -3.90. The number of hydrogen-bond acceptors (Lipinski definition) is 7. The third-order valence-corrected chi connectivity index (χ3v) is 6.89. The third-order valence-electron chi connectivity index (χ3n) is 4.74. The molecule has 0 aliphatic carbocycles. The number of amides is 1. The largest absolute Gasteiger partial charge is 0.477 e. The first kappa shape index (κ1) is 23.9. The molecule has 0 spiro atoms. The number of nitro benzene ring substituents is 1. The van der Waals surface area contributed by atoms with Crippen LogP contribution in [-0.4, -0.2) is 63.0 Å². The molecular formula is C20H22ClN3O7S. The predicted octanol–water partition coefficient (Wildman–Crippen LogP) is 2.01. The first-order chi connectivity index (χ1) is 15.3. The van der Waals surface area contributed by atoms with Crippen molar-refractivity contribution in [2.75, 3.05) is 39.5 Å². The molecule has 32 heavy (non-hydrogen) atoms. The maximum absolute atomic E-state index is 12.7. The number of nitro groups is 1. The van der Waals surface area contributed by atoms with Crippen molar-refractivity contribution in [3.05, 3.63) is 63.2 Å². The number of sulfonamides is 1. The molecule has 3 rings (SSSR count). The lowest BCUT2D eigenvalue weighted by Crippen LogP contribution is -2.40. The average Bonchev–Trinajstić information content (AvgIpc) is 2.79. The lowest BCUT2D eigenvalue weighted by molar-refractivity contribution is -0.386. The Morgan fingerprint density at radius 3 is 2.53 bits per heavy atom. The van der Waals surface area contributed by atoms with Gasteiger partial charge < -0.3 is 14.8 Å². The van der Waals surface area contributed by atoms with Crippen molar-refractivity contribution in [3.63, 3.8) is 0 Å². The maximum atomic E-state index is 12.7. The fraction of sp³-hybridized carbons (Fsp3) is 0.350. The number of benzene rings is 2. The van der Waals surface area contributed by atoms with E-state index in [4.69, 9.17) is 21.1 Å². The Labute approximate surface area is 190 Å². The second-order valence-corrected chi connectivity index (χ2v) is 9.29. The monoisotopic (exact) mass is 483 g/mol. The summed E-state index contributed by atoms with van der Waals surface area (Å²) < 4.78 is 37.1. The van der Waals surface area contributed by atoms with Crippen LogP contribution < -0.4 is 10.1 Å². The number of halogens is 1. The van der Waals surface area contributed by atoms with E-state index in [1.165, 1.54) is 16.4 Å². The number of carbonyl (C=O) groups is 1. The number of hydrogen-bond donors (Lipinski definition) is 1. The van der Waals surface area contributed by atoms with Crippen molar-refractivity contribution in [1.82, 2.24) is 9.62 Å². The van der Waals surface area contributed by atoms with E-state index in [-0.39, 0.29) is 36.9 Å².